The van der Waals surface area contributed by atoms with Crippen LogP contribution < -0.4 is 14.8 Å². The molecule has 8 nitrogen and oxygen atoms in total. The molecular formula is C23H26N2O6. The number of hydrogen-bond acceptors (Lipinski definition) is 6. The number of carbonyl (C=O) groups is 2. The van der Waals surface area contributed by atoms with Crippen LogP contribution in [0.15, 0.2) is 36.4 Å². The second kappa shape index (κ2) is 8.85. The molecule has 164 valence electrons. The van der Waals surface area contributed by atoms with Crippen LogP contribution in [-0.2, 0) is 20.7 Å². The Balaban J connectivity index is 1.75. The average Bonchev–Trinajstić information content (AvgIpc) is 3.17. The number of rotatable bonds is 3. The van der Waals surface area contributed by atoms with Crippen LogP contribution in [0.1, 0.15) is 23.5 Å². The van der Waals surface area contributed by atoms with E-state index in [2.05, 4.69) is 5.32 Å². The van der Waals surface area contributed by atoms with Crippen LogP contribution in [0.25, 0.3) is 0 Å². The quantitative estimate of drug-likeness (QED) is 0.781. The summed E-state index contributed by atoms with van der Waals surface area (Å²) in [7, 11) is 3.04. The molecule has 0 aromatic heterocycles. The van der Waals surface area contributed by atoms with Gasteiger partial charge in [-0.1, -0.05) is 12.1 Å². The topological polar surface area (TPSA) is 97.3 Å². The third-order valence-corrected chi connectivity index (χ3v) is 5.79. The van der Waals surface area contributed by atoms with Crippen LogP contribution in [0.2, 0.25) is 0 Å². The van der Waals surface area contributed by atoms with Gasteiger partial charge in [0.05, 0.1) is 13.2 Å². The molecule has 2 amide bonds. The number of phenols is 1. The van der Waals surface area contributed by atoms with Crippen molar-refractivity contribution >= 4 is 11.8 Å². The Morgan fingerprint density at radius 2 is 2.00 bits per heavy atom. The van der Waals surface area contributed by atoms with Crippen molar-refractivity contribution in [3.63, 3.8) is 0 Å². The van der Waals surface area contributed by atoms with E-state index in [1.54, 1.807) is 36.3 Å². The third kappa shape index (κ3) is 4.44. The maximum Gasteiger partial charge on any atom is 0.248 e. The molecule has 4 bridgehead atoms. The van der Waals surface area contributed by atoms with Gasteiger partial charge < -0.3 is 29.5 Å². The molecule has 0 unspecified atom stereocenters. The van der Waals surface area contributed by atoms with Crippen LogP contribution in [0.5, 0.6) is 23.0 Å². The summed E-state index contributed by atoms with van der Waals surface area (Å²) in [5.41, 5.74) is 1.78. The van der Waals surface area contributed by atoms with Crippen molar-refractivity contribution in [2.24, 2.45) is 0 Å². The highest BCUT2D eigenvalue weighted by molar-refractivity contribution is 5.79. The number of benzene rings is 2. The Morgan fingerprint density at radius 3 is 2.77 bits per heavy atom. The summed E-state index contributed by atoms with van der Waals surface area (Å²) >= 11 is 0. The number of phenolic OH excluding ortho intramolecular Hbond substituents is 1. The Hall–Kier alpha value is -3.26. The molecule has 31 heavy (non-hydrogen) atoms. The van der Waals surface area contributed by atoms with E-state index in [-0.39, 0.29) is 36.1 Å². The van der Waals surface area contributed by atoms with Gasteiger partial charge in [0.25, 0.3) is 0 Å². The lowest BCUT2D eigenvalue weighted by Gasteiger charge is -2.21. The highest BCUT2D eigenvalue weighted by atomic mass is 16.5. The lowest BCUT2D eigenvalue weighted by atomic mass is 9.93. The normalized spacial score (nSPS) is 20.5. The lowest BCUT2D eigenvalue weighted by Crippen LogP contribution is -2.41. The molecule has 2 aromatic carbocycles. The number of carbonyl (C=O) groups excluding carboxylic acids is 2. The Labute approximate surface area is 180 Å². The molecule has 1 fully saturated rings. The lowest BCUT2D eigenvalue weighted by molar-refractivity contribution is -0.134. The van der Waals surface area contributed by atoms with Crippen molar-refractivity contribution in [1.29, 1.82) is 0 Å². The number of aromatic hydroxyl groups is 1. The minimum Gasteiger partial charge on any atom is -0.504 e. The number of nitrogens with zero attached hydrogens (tertiary/aromatic N) is 1. The zero-order valence-corrected chi connectivity index (χ0v) is 17.6. The number of amides is 2. The Morgan fingerprint density at radius 1 is 1.16 bits per heavy atom. The summed E-state index contributed by atoms with van der Waals surface area (Å²) in [6.07, 6.45) is 0.793. The van der Waals surface area contributed by atoms with Gasteiger partial charge in [-0.25, -0.2) is 0 Å². The number of methoxy groups -OCH3 is 2. The molecule has 2 aromatic rings. The standard InChI is InChI=1S/C23H26N2O6/c1-29-13-23(28)25-11-16-15-5-7-19(30-2)21(10-15)31-20-9-14(3-6-18(20)26)4-8-22(27)24-17(16)12-25/h3,5-7,9-10,16-17,26H,4,8,11-13H2,1-2H3,(H,24,27)/t16-,17+/m0/s1. The molecule has 0 saturated carbocycles. The van der Waals surface area contributed by atoms with Gasteiger partial charge in [-0.05, 0) is 41.8 Å². The van der Waals surface area contributed by atoms with E-state index in [9.17, 15) is 14.7 Å². The molecule has 2 heterocycles. The molecule has 1 saturated heterocycles. The number of nitrogens with one attached hydrogen (secondary N) is 1. The van der Waals surface area contributed by atoms with E-state index in [0.717, 1.165) is 11.1 Å². The van der Waals surface area contributed by atoms with Crippen LogP contribution in [0.4, 0.5) is 0 Å². The first-order chi connectivity index (χ1) is 15.0. The summed E-state index contributed by atoms with van der Waals surface area (Å²) in [6.45, 7) is 0.867. The molecule has 8 heteroatoms. The minimum absolute atomic E-state index is 0.00171. The molecule has 4 rings (SSSR count). The minimum atomic E-state index is -0.230. The van der Waals surface area contributed by atoms with Crippen molar-refractivity contribution in [3.8, 4) is 23.0 Å². The molecular weight excluding hydrogens is 400 g/mol. The fourth-order valence-corrected chi connectivity index (χ4v) is 4.16. The summed E-state index contributed by atoms with van der Waals surface area (Å²) in [5, 5.41) is 13.4. The van der Waals surface area contributed by atoms with Crippen molar-refractivity contribution in [1.82, 2.24) is 10.2 Å². The van der Waals surface area contributed by atoms with Gasteiger partial charge >= 0.3 is 0 Å². The summed E-state index contributed by atoms with van der Waals surface area (Å²) < 4.78 is 16.5. The molecule has 2 N–H and O–H groups in total. The van der Waals surface area contributed by atoms with E-state index >= 15 is 0 Å². The summed E-state index contributed by atoms with van der Waals surface area (Å²) in [5.74, 6) is 0.969. The second-order valence-electron chi connectivity index (χ2n) is 7.83. The first kappa shape index (κ1) is 21.0. The monoisotopic (exact) mass is 426 g/mol. The van der Waals surface area contributed by atoms with Crippen molar-refractivity contribution < 1.29 is 28.9 Å². The van der Waals surface area contributed by atoms with Crippen LogP contribution in [0.3, 0.4) is 0 Å². The summed E-state index contributed by atoms with van der Waals surface area (Å²) in [6, 6.07) is 10.4. The zero-order valence-electron chi connectivity index (χ0n) is 17.6. The fraction of sp³-hybridized carbons (Fsp3) is 0.391. The maximum absolute atomic E-state index is 12.7. The van der Waals surface area contributed by atoms with Gasteiger partial charge in [-0.2, -0.15) is 0 Å². The number of hydrogen-bond donors (Lipinski definition) is 2. The third-order valence-electron chi connectivity index (χ3n) is 5.79. The number of ether oxygens (including phenoxy) is 3. The fourth-order valence-electron chi connectivity index (χ4n) is 4.16. The number of likely N-dealkylation sites (tertiary alicyclic amines) is 1. The van der Waals surface area contributed by atoms with Crippen LogP contribution >= 0.6 is 0 Å². The summed E-state index contributed by atoms with van der Waals surface area (Å²) in [4.78, 5) is 26.8. The van der Waals surface area contributed by atoms with Gasteiger partial charge in [0.2, 0.25) is 11.8 Å². The Kier molecular flexibility index (Phi) is 5.99. The second-order valence-corrected chi connectivity index (χ2v) is 7.83. The first-order valence-corrected chi connectivity index (χ1v) is 10.2. The van der Waals surface area contributed by atoms with Gasteiger partial charge in [-0.15, -0.1) is 0 Å². The van der Waals surface area contributed by atoms with Crippen LogP contribution in [0, 0.1) is 0 Å². The number of aryl methyl sites for hydroxylation is 1. The van der Waals surface area contributed by atoms with Crippen molar-refractivity contribution in [2.45, 2.75) is 24.8 Å². The maximum atomic E-state index is 12.7. The largest absolute Gasteiger partial charge is 0.504 e. The van der Waals surface area contributed by atoms with Gasteiger partial charge in [0, 0.05) is 32.5 Å². The van der Waals surface area contributed by atoms with Gasteiger partial charge in [0.15, 0.2) is 23.0 Å². The molecule has 2 aliphatic rings. The van der Waals surface area contributed by atoms with Gasteiger partial charge in [-0.3, -0.25) is 9.59 Å². The molecule has 2 aliphatic heterocycles. The average molecular weight is 426 g/mol. The molecule has 2 atom stereocenters. The molecule has 0 aliphatic carbocycles. The van der Waals surface area contributed by atoms with E-state index < -0.39 is 0 Å². The van der Waals surface area contributed by atoms with Crippen molar-refractivity contribution in [3.05, 3.63) is 47.5 Å². The highest BCUT2D eigenvalue weighted by Crippen LogP contribution is 2.40. The molecule has 0 spiro atoms. The van der Waals surface area contributed by atoms with Crippen LogP contribution in [-0.4, -0.2) is 61.8 Å². The molecule has 0 radical (unpaired) electrons. The number of fused-ring (bicyclic) bond motifs is 6. The van der Waals surface area contributed by atoms with E-state index in [0.29, 0.717) is 43.2 Å². The van der Waals surface area contributed by atoms with E-state index in [4.69, 9.17) is 14.2 Å². The Bertz CT molecular complexity index is 992. The predicted octanol–water partition coefficient (Wildman–Crippen LogP) is 2.20. The predicted molar refractivity (Wildman–Crippen MR) is 113 cm³/mol. The van der Waals surface area contributed by atoms with E-state index in [1.807, 2.05) is 12.1 Å². The van der Waals surface area contributed by atoms with Gasteiger partial charge in [0.1, 0.15) is 6.61 Å². The highest BCUT2D eigenvalue weighted by Gasteiger charge is 2.37. The SMILES string of the molecule is COCC(=O)N1C[C@H]2NC(=O)CCc3ccc(O)c(c3)Oc3cc(ccc3OC)[C@@H]2C1. The van der Waals surface area contributed by atoms with E-state index in [1.165, 1.54) is 7.11 Å². The zero-order chi connectivity index (χ0) is 22.0. The first-order valence-electron chi connectivity index (χ1n) is 10.2. The smallest absolute Gasteiger partial charge is 0.248 e. The van der Waals surface area contributed by atoms with Crippen molar-refractivity contribution in [2.75, 3.05) is 33.9 Å².